The third-order valence-electron chi connectivity index (χ3n) is 2.35. The lowest BCUT2D eigenvalue weighted by Gasteiger charge is -2.09. The molecule has 1 heterocycles. The SMILES string of the molecule is OC(CSCc1ccncn1)c1ccccc1. The third-order valence-corrected chi connectivity index (χ3v) is 3.40. The van der Waals surface area contributed by atoms with Crippen molar-refractivity contribution >= 4 is 11.8 Å². The number of aliphatic hydroxyl groups is 1. The molecule has 17 heavy (non-hydrogen) atoms. The lowest BCUT2D eigenvalue weighted by Crippen LogP contribution is -2.00. The molecule has 0 spiro atoms. The average Bonchev–Trinajstić information content (AvgIpc) is 2.41. The van der Waals surface area contributed by atoms with Gasteiger partial charge in [-0.2, -0.15) is 11.8 Å². The zero-order valence-electron chi connectivity index (χ0n) is 9.36. The summed E-state index contributed by atoms with van der Waals surface area (Å²) in [5.41, 5.74) is 1.95. The molecule has 0 saturated heterocycles. The zero-order chi connectivity index (χ0) is 11.9. The second-order valence-electron chi connectivity index (χ2n) is 3.64. The molecule has 3 nitrogen and oxygen atoms in total. The topological polar surface area (TPSA) is 46.0 Å². The van der Waals surface area contributed by atoms with Crippen LogP contribution in [0.2, 0.25) is 0 Å². The van der Waals surface area contributed by atoms with E-state index in [0.717, 1.165) is 17.0 Å². The molecule has 1 N–H and O–H groups in total. The van der Waals surface area contributed by atoms with Crippen molar-refractivity contribution in [2.24, 2.45) is 0 Å². The van der Waals surface area contributed by atoms with Crippen molar-refractivity contribution < 1.29 is 5.11 Å². The number of hydrogen-bond acceptors (Lipinski definition) is 4. The molecule has 0 saturated carbocycles. The normalized spacial score (nSPS) is 12.3. The smallest absolute Gasteiger partial charge is 0.115 e. The van der Waals surface area contributed by atoms with E-state index < -0.39 is 6.10 Å². The molecule has 0 bridgehead atoms. The number of hydrogen-bond donors (Lipinski definition) is 1. The van der Waals surface area contributed by atoms with Gasteiger partial charge < -0.3 is 5.11 Å². The molecule has 4 heteroatoms. The van der Waals surface area contributed by atoms with Crippen LogP contribution in [-0.4, -0.2) is 20.8 Å². The molecule has 2 aromatic rings. The zero-order valence-corrected chi connectivity index (χ0v) is 10.2. The maximum absolute atomic E-state index is 9.94. The molecule has 1 unspecified atom stereocenters. The van der Waals surface area contributed by atoms with Gasteiger partial charge in [-0.1, -0.05) is 30.3 Å². The Morgan fingerprint density at radius 2 is 2.00 bits per heavy atom. The molecular formula is C13H14N2OS. The number of benzene rings is 1. The molecule has 1 aromatic carbocycles. The van der Waals surface area contributed by atoms with Gasteiger partial charge in [0.05, 0.1) is 11.8 Å². The molecule has 0 aliphatic carbocycles. The summed E-state index contributed by atoms with van der Waals surface area (Å²) in [6, 6.07) is 11.6. The fourth-order valence-corrected chi connectivity index (χ4v) is 2.36. The monoisotopic (exact) mass is 246 g/mol. The summed E-state index contributed by atoms with van der Waals surface area (Å²) in [4.78, 5) is 8.00. The third kappa shape index (κ3) is 3.84. The number of thioether (sulfide) groups is 1. The second-order valence-corrected chi connectivity index (χ2v) is 4.67. The average molecular weight is 246 g/mol. The van der Waals surface area contributed by atoms with E-state index in [9.17, 15) is 5.11 Å². The quantitative estimate of drug-likeness (QED) is 0.880. The standard InChI is InChI=1S/C13H14N2OS/c16-13(11-4-2-1-3-5-11)9-17-8-12-6-7-14-10-15-12/h1-7,10,13,16H,8-9H2. The van der Waals surface area contributed by atoms with Crippen molar-refractivity contribution in [1.29, 1.82) is 0 Å². The summed E-state index contributed by atoms with van der Waals surface area (Å²) in [6.45, 7) is 0. The number of rotatable bonds is 5. The van der Waals surface area contributed by atoms with E-state index in [1.54, 1.807) is 24.3 Å². The van der Waals surface area contributed by atoms with Gasteiger partial charge in [-0.25, -0.2) is 9.97 Å². The van der Waals surface area contributed by atoms with Crippen LogP contribution in [0.4, 0.5) is 0 Å². The van der Waals surface area contributed by atoms with Gasteiger partial charge in [0.1, 0.15) is 6.33 Å². The highest BCUT2D eigenvalue weighted by Crippen LogP contribution is 2.19. The van der Waals surface area contributed by atoms with E-state index in [0.29, 0.717) is 5.75 Å². The summed E-state index contributed by atoms with van der Waals surface area (Å²) >= 11 is 1.67. The van der Waals surface area contributed by atoms with Crippen LogP contribution in [-0.2, 0) is 5.75 Å². The Bertz CT molecular complexity index is 436. The molecule has 1 atom stereocenters. The maximum atomic E-state index is 9.94. The van der Waals surface area contributed by atoms with Crippen molar-refractivity contribution in [3.05, 3.63) is 60.2 Å². The lowest BCUT2D eigenvalue weighted by atomic mass is 10.1. The van der Waals surface area contributed by atoms with Crippen LogP contribution in [0, 0.1) is 0 Å². The van der Waals surface area contributed by atoms with Gasteiger partial charge in [0.2, 0.25) is 0 Å². The van der Waals surface area contributed by atoms with Gasteiger partial charge in [0.25, 0.3) is 0 Å². The summed E-state index contributed by atoms with van der Waals surface area (Å²) in [7, 11) is 0. The number of aliphatic hydroxyl groups excluding tert-OH is 1. The van der Waals surface area contributed by atoms with E-state index in [1.807, 2.05) is 36.4 Å². The maximum Gasteiger partial charge on any atom is 0.115 e. The Labute approximate surface area is 105 Å². The first-order valence-corrected chi connectivity index (χ1v) is 6.57. The largest absolute Gasteiger partial charge is 0.388 e. The fourth-order valence-electron chi connectivity index (χ4n) is 1.45. The van der Waals surface area contributed by atoms with E-state index in [4.69, 9.17) is 0 Å². The van der Waals surface area contributed by atoms with E-state index in [2.05, 4.69) is 9.97 Å². The minimum Gasteiger partial charge on any atom is -0.388 e. The molecule has 0 aliphatic rings. The summed E-state index contributed by atoms with van der Waals surface area (Å²) in [6.07, 6.45) is 2.86. The molecule has 88 valence electrons. The van der Waals surface area contributed by atoms with Gasteiger partial charge in [-0.3, -0.25) is 0 Å². The van der Waals surface area contributed by atoms with Gasteiger partial charge in [0.15, 0.2) is 0 Å². The number of aromatic nitrogens is 2. The van der Waals surface area contributed by atoms with E-state index in [-0.39, 0.29) is 0 Å². The van der Waals surface area contributed by atoms with Crippen molar-refractivity contribution in [3.8, 4) is 0 Å². The molecule has 0 aliphatic heterocycles. The van der Waals surface area contributed by atoms with E-state index in [1.165, 1.54) is 0 Å². The summed E-state index contributed by atoms with van der Waals surface area (Å²) in [5.74, 6) is 1.47. The van der Waals surface area contributed by atoms with Crippen molar-refractivity contribution in [2.45, 2.75) is 11.9 Å². The Morgan fingerprint density at radius 1 is 1.18 bits per heavy atom. The Hall–Kier alpha value is -1.39. The first-order chi connectivity index (χ1) is 8.36. The molecule has 2 rings (SSSR count). The van der Waals surface area contributed by atoms with Crippen molar-refractivity contribution in [1.82, 2.24) is 9.97 Å². The van der Waals surface area contributed by atoms with Gasteiger partial charge in [-0.15, -0.1) is 0 Å². The van der Waals surface area contributed by atoms with Crippen LogP contribution < -0.4 is 0 Å². The highest BCUT2D eigenvalue weighted by molar-refractivity contribution is 7.98. The summed E-state index contributed by atoms with van der Waals surface area (Å²) in [5, 5.41) is 9.94. The molecular weight excluding hydrogens is 232 g/mol. The molecule has 0 amide bonds. The highest BCUT2D eigenvalue weighted by atomic mass is 32.2. The minimum absolute atomic E-state index is 0.414. The first kappa shape index (κ1) is 12.1. The predicted molar refractivity (Wildman–Crippen MR) is 69.6 cm³/mol. The minimum atomic E-state index is -0.414. The Kier molecular flexibility index (Phi) is 4.53. The Balaban J connectivity index is 1.79. The first-order valence-electron chi connectivity index (χ1n) is 5.42. The van der Waals surface area contributed by atoms with E-state index >= 15 is 0 Å². The highest BCUT2D eigenvalue weighted by Gasteiger charge is 2.06. The second kappa shape index (κ2) is 6.37. The van der Waals surface area contributed by atoms with Crippen LogP contribution in [0.25, 0.3) is 0 Å². The van der Waals surface area contributed by atoms with Crippen molar-refractivity contribution in [2.75, 3.05) is 5.75 Å². The van der Waals surface area contributed by atoms with Crippen LogP contribution in [0.1, 0.15) is 17.4 Å². The van der Waals surface area contributed by atoms with Crippen LogP contribution in [0.15, 0.2) is 48.9 Å². The Morgan fingerprint density at radius 3 is 2.71 bits per heavy atom. The summed E-state index contributed by atoms with van der Waals surface area (Å²) < 4.78 is 0. The fraction of sp³-hybridized carbons (Fsp3) is 0.231. The van der Waals surface area contributed by atoms with Gasteiger partial charge in [0, 0.05) is 17.7 Å². The number of nitrogens with zero attached hydrogens (tertiary/aromatic N) is 2. The van der Waals surface area contributed by atoms with Crippen LogP contribution in [0.5, 0.6) is 0 Å². The van der Waals surface area contributed by atoms with Crippen LogP contribution >= 0.6 is 11.8 Å². The predicted octanol–water partition coefficient (Wildman–Crippen LogP) is 2.44. The van der Waals surface area contributed by atoms with Crippen LogP contribution in [0.3, 0.4) is 0 Å². The molecule has 0 fully saturated rings. The molecule has 1 aromatic heterocycles. The van der Waals surface area contributed by atoms with Gasteiger partial charge in [-0.05, 0) is 11.6 Å². The molecule has 0 radical (unpaired) electrons. The van der Waals surface area contributed by atoms with Gasteiger partial charge >= 0.3 is 0 Å². The lowest BCUT2D eigenvalue weighted by molar-refractivity contribution is 0.204. The van der Waals surface area contributed by atoms with Crippen molar-refractivity contribution in [3.63, 3.8) is 0 Å².